The Morgan fingerprint density at radius 3 is 1.88 bits per heavy atom. The Hall–Kier alpha value is -0.0400. The highest BCUT2D eigenvalue weighted by atomic mass is 16.5. The van der Waals surface area contributed by atoms with Gasteiger partial charge in [0.1, 0.15) is 0 Å². The summed E-state index contributed by atoms with van der Waals surface area (Å²) in [6.45, 7) is 11.8. The molecule has 1 heteroatoms. The first kappa shape index (κ1) is 22.0. The predicted octanol–water partition coefficient (Wildman–Crippen LogP) is 7.63. The van der Waals surface area contributed by atoms with Crippen LogP contribution in [0.3, 0.4) is 0 Å². The van der Waals surface area contributed by atoms with Gasteiger partial charge >= 0.3 is 0 Å². The molecule has 0 N–H and O–H groups in total. The summed E-state index contributed by atoms with van der Waals surface area (Å²) in [5, 5.41) is 0. The molecule has 0 aromatic carbocycles. The van der Waals surface area contributed by atoms with Crippen molar-refractivity contribution in [3.05, 3.63) is 0 Å². The van der Waals surface area contributed by atoms with Crippen molar-refractivity contribution < 1.29 is 4.74 Å². The predicted molar refractivity (Wildman–Crippen MR) is 107 cm³/mol. The monoisotopic (exact) mass is 338 g/mol. The lowest BCUT2D eigenvalue weighted by molar-refractivity contribution is 0.0209. The number of hydrogen-bond acceptors (Lipinski definition) is 1. The maximum atomic E-state index is 5.71. The van der Waals surface area contributed by atoms with Gasteiger partial charge in [0.15, 0.2) is 0 Å². The second-order valence-corrected chi connectivity index (χ2v) is 9.53. The Morgan fingerprint density at radius 2 is 1.46 bits per heavy atom. The van der Waals surface area contributed by atoms with Crippen LogP contribution >= 0.6 is 0 Å². The van der Waals surface area contributed by atoms with Crippen molar-refractivity contribution in [2.75, 3.05) is 7.11 Å². The average Bonchev–Trinajstić information content (AvgIpc) is 2.57. The molecule has 0 saturated heterocycles. The van der Waals surface area contributed by atoms with Gasteiger partial charge in [-0.15, -0.1) is 0 Å². The Bertz CT molecular complexity index is 297. The summed E-state index contributed by atoms with van der Waals surface area (Å²) in [4.78, 5) is 0. The molecule has 0 bridgehead atoms. The highest BCUT2D eigenvalue weighted by Gasteiger charge is 2.29. The van der Waals surface area contributed by atoms with Crippen LogP contribution in [0.15, 0.2) is 0 Å². The zero-order valence-electron chi connectivity index (χ0n) is 17.7. The fourth-order valence-corrected chi connectivity index (χ4v) is 4.48. The maximum Gasteiger partial charge on any atom is 0.0599 e. The van der Waals surface area contributed by atoms with Crippen LogP contribution in [0.5, 0.6) is 0 Å². The molecule has 0 aromatic heterocycles. The van der Waals surface area contributed by atoms with Gasteiger partial charge in [0.25, 0.3) is 0 Å². The van der Waals surface area contributed by atoms with Gasteiger partial charge in [-0.25, -0.2) is 0 Å². The molecule has 0 radical (unpaired) electrons. The van der Waals surface area contributed by atoms with Gasteiger partial charge in [-0.1, -0.05) is 86.0 Å². The molecule has 2 rings (SSSR count). The van der Waals surface area contributed by atoms with E-state index >= 15 is 0 Å². The Morgan fingerprint density at radius 1 is 0.917 bits per heavy atom. The summed E-state index contributed by atoms with van der Waals surface area (Å²) < 4.78 is 5.71. The standard InChI is InChI=1S/C16H32O.C7H14/c1-13(2)14(3)15(17-5)9-12-16(4)10-7-6-8-11-16;1-7-5-3-2-4-6-7/h13-15H,6-12H2,1-5H3;7H,2-6H2,1H3. The van der Waals surface area contributed by atoms with Crippen LogP contribution in [0.25, 0.3) is 0 Å². The highest BCUT2D eigenvalue weighted by Crippen LogP contribution is 2.40. The van der Waals surface area contributed by atoms with Gasteiger partial charge in [-0.3, -0.25) is 0 Å². The molecular weight excluding hydrogens is 292 g/mol. The summed E-state index contributed by atoms with van der Waals surface area (Å²) in [6, 6.07) is 0. The SMILES string of the molecule is CC1CCCCC1.COC(CCC1(C)CCCCC1)C(C)C(C)C. The van der Waals surface area contributed by atoms with Crippen LogP contribution in [0.2, 0.25) is 0 Å². The quantitative estimate of drug-likeness (QED) is 0.483. The third-order valence-electron chi connectivity index (χ3n) is 6.93. The molecule has 2 aliphatic rings. The van der Waals surface area contributed by atoms with Crippen LogP contribution in [0, 0.1) is 23.2 Å². The third-order valence-corrected chi connectivity index (χ3v) is 6.93. The molecule has 24 heavy (non-hydrogen) atoms. The lowest BCUT2D eigenvalue weighted by atomic mass is 9.71. The van der Waals surface area contributed by atoms with E-state index in [0.717, 1.165) is 11.8 Å². The first-order valence-corrected chi connectivity index (χ1v) is 10.9. The lowest BCUT2D eigenvalue weighted by Gasteiger charge is -2.36. The van der Waals surface area contributed by atoms with Crippen molar-refractivity contribution in [2.24, 2.45) is 23.2 Å². The summed E-state index contributed by atoms with van der Waals surface area (Å²) in [6.07, 6.45) is 17.7. The minimum Gasteiger partial charge on any atom is -0.381 e. The van der Waals surface area contributed by atoms with Gasteiger partial charge in [0.05, 0.1) is 6.10 Å². The molecule has 2 saturated carbocycles. The molecule has 0 aromatic rings. The molecular formula is C23H46O. The van der Waals surface area contributed by atoms with Gasteiger partial charge in [0.2, 0.25) is 0 Å². The molecule has 0 aliphatic heterocycles. The van der Waals surface area contributed by atoms with E-state index in [1.54, 1.807) is 0 Å². The zero-order valence-corrected chi connectivity index (χ0v) is 17.7. The molecule has 0 heterocycles. The van der Waals surface area contributed by atoms with E-state index in [1.165, 1.54) is 77.0 Å². The Labute approximate surface area is 153 Å². The number of ether oxygens (including phenoxy) is 1. The van der Waals surface area contributed by atoms with E-state index in [0.29, 0.717) is 17.4 Å². The van der Waals surface area contributed by atoms with Crippen LogP contribution < -0.4 is 0 Å². The topological polar surface area (TPSA) is 9.23 Å². The molecule has 0 spiro atoms. The molecule has 2 unspecified atom stereocenters. The van der Waals surface area contributed by atoms with Crippen molar-refractivity contribution in [2.45, 2.75) is 118 Å². The second kappa shape index (κ2) is 11.6. The van der Waals surface area contributed by atoms with Crippen molar-refractivity contribution >= 4 is 0 Å². The van der Waals surface area contributed by atoms with Crippen molar-refractivity contribution in [3.8, 4) is 0 Å². The highest BCUT2D eigenvalue weighted by molar-refractivity contribution is 4.81. The molecule has 2 fully saturated rings. The van der Waals surface area contributed by atoms with Crippen LogP contribution in [0.4, 0.5) is 0 Å². The van der Waals surface area contributed by atoms with E-state index < -0.39 is 0 Å². The Balaban J connectivity index is 0.000000341. The largest absolute Gasteiger partial charge is 0.381 e. The Kier molecular flexibility index (Phi) is 10.6. The zero-order chi connectivity index (χ0) is 18.0. The molecule has 2 aliphatic carbocycles. The van der Waals surface area contributed by atoms with Gasteiger partial charge < -0.3 is 4.74 Å². The number of rotatable bonds is 6. The summed E-state index contributed by atoms with van der Waals surface area (Å²) in [5.41, 5.74) is 0.603. The first-order chi connectivity index (χ1) is 11.4. The normalized spacial score (nSPS) is 24.1. The van der Waals surface area contributed by atoms with Crippen LogP contribution in [-0.2, 0) is 4.74 Å². The van der Waals surface area contributed by atoms with Crippen LogP contribution in [-0.4, -0.2) is 13.2 Å². The summed E-state index contributed by atoms with van der Waals surface area (Å²) in [5.74, 6) is 2.43. The first-order valence-electron chi connectivity index (χ1n) is 10.9. The van der Waals surface area contributed by atoms with E-state index in [1.807, 2.05) is 7.11 Å². The number of methoxy groups -OCH3 is 1. The fraction of sp³-hybridized carbons (Fsp3) is 1.00. The molecule has 0 amide bonds. The second-order valence-electron chi connectivity index (χ2n) is 9.53. The van der Waals surface area contributed by atoms with Crippen molar-refractivity contribution in [1.82, 2.24) is 0 Å². The van der Waals surface area contributed by atoms with E-state index in [4.69, 9.17) is 4.74 Å². The van der Waals surface area contributed by atoms with Crippen LogP contribution in [0.1, 0.15) is 112 Å². The van der Waals surface area contributed by atoms with Crippen molar-refractivity contribution in [3.63, 3.8) is 0 Å². The van der Waals surface area contributed by atoms with Gasteiger partial charge in [-0.05, 0) is 48.9 Å². The van der Waals surface area contributed by atoms with Crippen molar-refractivity contribution in [1.29, 1.82) is 0 Å². The number of hydrogen-bond donors (Lipinski definition) is 0. The third kappa shape index (κ3) is 8.37. The molecule has 1 nitrogen and oxygen atoms in total. The van der Waals surface area contributed by atoms with Gasteiger partial charge in [0, 0.05) is 7.11 Å². The minimum absolute atomic E-state index is 0.453. The maximum absolute atomic E-state index is 5.71. The van der Waals surface area contributed by atoms with E-state index in [2.05, 4.69) is 34.6 Å². The van der Waals surface area contributed by atoms with Gasteiger partial charge in [-0.2, -0.15) is 0 Å². The minimum atomic E-state index is 0.453. The molecule has 144 valence electrons. The lowest BCUT2D eigenvalue weighted by Crippen LogP contribution is -2.28. The summed E-state index contributed by atoms with van der Waals surface area (Å²) in [7, 11) is 1.88. The smallest absolute Gasteiger partial charge is 0.0599 e. The average molecular weight is 339 g/mol. The summed E-state index contributed by atoms with van der Waals surface area (Å²) >= 11 is 0. The fourth-order valence-electron chi connectivity index (χ4n) is 4.48. The molecule has 2 atom stereocenters. The van der Waals surface area contributed by atoms with E-state index in [9.17, 15) is 0 Å². The van der Waals surface area contributed by atoms with E-state index in [-0.39, 0.29) is 0 Å².